The SMILES string of the molecule is COc1ccccc1-c1ccc(N(C)Cc2nc3ccc(C)cc3[nH]2)nn1. The van der Waals surface area contributed by atoms with Crippen molar-refractivity contribution in [2.45, 2.75) is 13.5 Å². The Labute approximate surface area is 157 Å². The number of aryl methyl sites for hydroxylation is 1. The fraction of sp³-hybridized carbons (Fsp3) is 0.190. The molecule has 2 heterocycles. The Kier molecular flexibility index (Phi) is 4.46. The van der Waals surface area contributed by atoms with Gasteiger partial charge in [-0.05, 0) is 48.9 Å². The lowest BCUT2D eigenvalue weighted by Gasteiger charge is -2.16. The van der Waals surface area contributed by atoms with Gasteiger partial charge in [-0.2, -0.15) is 0 Å². The van der Waals surface area contributed by atoms with Crippen molar-refractivity contribution in [2.75, 3.05) is 19.1 Å². The summed E-state index contributed by atoms with van der Waals surface area (Å²) in [5, 5.41) is 8.75. The van der Waals surface area contributed by atoms with Crippen LogP contribution in [0.2, 0.25) is 0 Å². The number of ether oxygens (including phenoxy) is 1. The second-order valence-corrected chi connectivity index (χ2v) is 6.54. The first-order valence-corrected chi connectivity index (χ1v) is 8.77. The van der Waals surface area contributed by atoms with Gasteiger partial charge in [0.1, 0.15) is 11.6 Å². The van der Waals surface area contributed by atoms with Gasteiger partial charge in [-0.3, -0.25) is 0 Å². The molecule has 0 aliphatic carbocycles. The summed E-state index contributed by atoms with van der Waals surface area (Å²) in [4.78, 5) is 10.0. The van der Waals surface area contributed by atoms with Crippen molar-refractivity contribution in [3.05, 3.63) is 66.0 Å². The van der Waals surface area contributed by atoms with E-state index < -0.39 is 0 Å². The number of para-hydroxylation sites is 1. The predicted molar refractivity (Wildman–Crippen MR) is 107 cm³/mol. The van der Waals surface area contributed by atoms with Crippen molar-refractivity contribution < 1.29 is 4.74 Å². The molecule has 0 unspecified atom stereocenters. The van der Waals surface area contributed by atoms with Crippen LogP contribution in [0, 0.1) is 6.92 Å². The molecule has 27 heavy (non-hydrogen) atoms. The van der Waals surface area contributed by atoms with Crippen LogP contribution in [0.1, 0.15) is 11.4 Å². The van der Waals surface area contributed by atoms with Crippen LogP contribution >= 0.6 is 0 Å². The second kappa shape index (κ2) is 7.07. The zero-order valence-corrected chi connectivity index (χ0v) is 15.6. The van der Waals surface area contributed by atoms with Gasteiger partial charge in [0, 0.05) is 12.6 Å². The van der Waals surface area contributed by atoms with Gasteiger partial charge in [0.15, 0.2) is 5.82 Å². The number of H-pyrrole nitrogens is 1. The molecule has 0 aliphatic heterocycles. The molecule has 0 saturated carbocycles. The van der Waals surface area contributed by atoms with E-state index in [1.54, 1.807) is 7.11 Å². The molecule has 2 aromatic heterocycles. The molecular formula is C21H21N5O. The van der Waals surface area contributed by atoms with Gasteiger partial charge in [0.25, 0.3) is 0 Å². The molecule has 0 atom stereocenters. The number of nitrogens with one attached hydrogen (secondary N) is 1. The van der Waals surface area contributed by atoms with Crippen LogP contribution in [0.4, 0.5) is 5.82 Å². The number of nitrogens with zero attached hydrogens (tertiary/aromatic N) is 4. The molecule has 1 N–H and O–H groups in total. The summed E-state index contributed by atoms with van der Waals surface area (Å²) in [5.74, 6) is 2.46. The molecule has 0 aliphatic rings. The van der Waals surface area contributed by atoms with E-state index in [0.29, 0.717) is 6.54 Å². The summed E-state index contributed by atoms with van der Waals surface area (Å²) in [6.07, 6.45) is 0. The Bertz CT molecular complexity index is 1070. The molecule has 6 nitrogen and oxygen atoms in total. The van der Waals surface area contributed by atoms with Crippen LogP contribution in [0.25, 0.3) is 22.3 Å². The lowest BCUT2D eigenvalue weighted by molar-refractivity contribution is 0.416. The maximum Gasteiger partial charge on any atom is 0.151 e. The molecule has 0 saturated heterocycles. The van der Waals surface area contributed by atoms with Crippen LogP contribution in [0.3, 0.4) is 0 Å². The largest absolute Gasteiger partial charge is 0.496 e. The Morgan fingerprint density at radius 1 is 1.04 bits per heavy atom. The minimum atomic E-state index is 0.621. The first-order chi connectivity index (χ1) is 13.1. The highest BCUT2D eigenvalue weighted by Crippen LogP contribution is 2.28. The first kappa shape index (κ1) is 17.0. The highest BCUT2D eigenvalue weighted by atomic mass is 16.5. The van der Waals surface area contributed by atoms with E-state index in [1.807, 2.05) is 54.4 Å². The number of methoxy groups -OCH3 is 1. The number of hydrogen-bond acceptors (Lipinski definition) is 5. The number of aromatic nitrogens is 4. The average Bonchev–Trinajstić information content (AvgIpc) is 3.09. The molecule has 0 amide bonds. The zero-order valence-electron chi connectivity index (χ0n) is 15.6. The summed E-state index contributed by atoms with van der Waals surface area (Å²) in [6.45, 7) is 2.70. The number of anilines is 1. The third kappa shape index (κ3) is 3.46. The van der Waals surface area contributed by atoms with E-state index in [0.717, 1.165) is 39.7 Å². The van der Waals surface area contributed by atoms with Crippen molar-refractivity contribution in [1.29, 1.82) is 0 Å². The van der Waals surface area contributed by atoms with Gasteiger partial charge in [-0.1, -0.05) is 18.2 Å². The first-order valence-electron chi connectivity index (χ1n) is 8.77. The third-order valence-corrected chi connectivity index (χ3v) is 4.50. The van der Waals surface area contributed by atoms with Crippen LogP contribution in [0.5, 0.6) is 5.75 Å². The average molecular weight is 359 g/mol. The highest BCUT2D eigenvalue weighted by Gasteiger charge is 2.11. The Balaban J connectivity index is 1.54. The topological polar surface area (TPSA) is 66.9 Å². The summed E-state index contributed by atoms with van der Waals surface area (Å²) in [5.41, 5.74) is 4.94. The smallest absolute Gasteiger partial charge is 0.151 e. The van der Waals surface area contributed by atoms with Gasteiger partial charge in [0.2, 0.25) is 0 Å². The minimum Gasteiger partial charge on any atom is -0.496 e. The van der Waals surface area contributed by atoms with Crippen molar-refractivity contribution in [1.82, 2.24) is 20.2 Å². The van der Waals surface area contributed by atoms with Crippen LogP contribution in [-0.4, -0.2) is 34.3 Å². The van der Waals surface area contributed by atoms with Crippen LogP contribution in [-0.2, 0) is 6.54 Å². The van der Waals surface area contributed by atoms with Crippen molar-refractivity contribution in [3.8, 4) is 17.0 Å². The molecule has 2 aromatic carbocycles. The number of fused-ring (bicyclic) bond motifs is 1. The van der Waals surface area contributed by atoms with Crippen molar-refractivity contribution in [3.63, 3.8) is 0 Å². The molecule has 6 heteroatoms. The standard InChI is InChI=1S/C21H21N5O/c1-14-8-9-17-18(12-14)23-20(22-17)13-26(2)21-11-10-16(24-25-21)15-6-4-5-7-19(15)27-3/h4-12H,13H2,1-3H3,(H,22,23). The number of aromatic amines is 1. The fourth-order valence-electron chi connectivity index (χ4n) is 3.09. The predicted octanol–water partition coefficient (Wildman–Crippen LogP) is 3.97. The summed E-state index contributed by atoms with van der Waals surface area (Å²) < 4.78 is 5.40. The number of rotatable bonds is 5. The van der Waals surface area contributed by atoms with E-state index in [-0.39, 0.29) is 0 Å². The third-order valence-electron chi connectivity index (χ3n) is 4.50. The Hall–Kier alpha value is -3.41. The summed E-state index contributed by atoms with van der Waals surface area (Å²) in [7, 11) is 3.63. The molecule has 0 radical (unpaired) electrons. The normalized spacial score (nSPS) is 10.9. The second-order valence-electron chi connectivity index (χ2n) is 6.54. The van der Waals surface area contributed by atoms with Crippen LogP contribution < -0.4 is 9.64 Å². The minimum absolute atomic E-state index is 0.621. The van der Waals surface area contributed by atoms with E-state index in [4.69, 9.17) is 4.74 Å². The van der Waals surface area contributed by atoms with E-state index in [9.17, 15) is 0 Å². The Morgan fingerprint density at radius 3 is 2.67 bits per heavy atom. The summed E-state index contributed by atoms with van der Waals surface area (Å²) in [6, 6.07) is 17.9. The molecule has 136 valence electrons. The van der Waals surface area contributed by atoms with Gasteiger partial charge < -0.3 is 14.6 Å². The maximum absolute atomic E-state index is 5.40. The quantitative estimate of drug-likeness (QED) is 0.584. The summed E-state index contributed by atoms with van der Waals surface area (Å²) >= 11 is 0. The molecule has 4 aromatic rings. The van der Waals surface area contributed by atoms with Crippen molar-refractivity contribution in [2.24, 2.45) is 0 Å². The molecule has 0 spiro atoms. The van der Waals surface area contributed by atoms with Gasteiger partial charge in [-0.25, -0.2) is 4.98 Å². The van der Waals surface area contributed by atoms with Gasteiger partial charge in [-0.15, -0.1) is 10.2 Å². The number of benzene rings is 2. The van der Waals surface area contributed by atoms with E-state index in [2.05, 4.69) is 39.2 Å². The lowest BCUT2D eigenvalue weighted by atomic mass is 10.1. The Morgan fingerprint density at radius 2 is 1.89 bits per heavy atom. The lowest BCUT2D eigenvalue weighted by Crippen LogP contribution is -2.19. The zero-order chi connectivity index (χ0) is 18.8. The monoisotopic (exact) mass is 359 g/mol. The maximum atomic E-state index is 5.40. The van der Waals surface area contributed by atoms with Crippen LogP contribution in [0.15, 0.2) is 54.6 Å². The van der Waals surface area contributed by atoms with Gasteiger partial charge in [0.05, 0.1) is 30.4 Å². The van der Waals surface area contributed by atoms with Crippen molar-refractivity contribution >= 4 is 16.9 Å². The number of hydrogen-bond donors (Lipinski definition) is 1. The van der Waals surface area contributed by atoms with E-state index >= 15 is 0 Å². The fourth-order valence-corrected chi connectivity index (χ4v) is 3.09. The molecule has 0 bridgehead atoms. The molecule has 0 fully saturated rings. The number of imidazole rings is 1. The molecular weight excluding hydrogens is 338 g/mol. The highest BCUT2D eigenvalue weighted by molar-refractivity contribution is 5.75. The van der Waals surface area contributed by atoms with Gasteiger partial charge >= 0.3 is 0 Å². The molecule has 4 rings (SSSR count). The van der Waals surface area contributed by atoms with E-state index in [1.165, 1.54) is 5.56 Å².